The van der Waals surface area contributed by atoms with Crippen LogP contribution in [0.15, 0.2) is 84.9 Å². The summed E-state index contributed by atoms with van der Waals surface area (Å²) in [6.45, 7) is 12.0. The van der Waals surface area contributed by atoms with Crippen molar-refractivity contribution in [1.29, 1.82) is 0 Å². The maximum Gasteiger partial charge on any atom is 0.262 e. The summed E-state index contributed by atoms with van der Waals surface area (Å²) in [6, 6.07) is 23.5. The fourth-order valence-corrected chi connectivity index (χ4v) is 12.8. The Hall–Kier alpha value is -4.68. The molecule has 3 aromatic rings. The molecule has 12 heteroatoms. The molecule has 4 amide bonds. The predicted octanol–water partition coefficient (Wildman–Crippen LogP) is 5.11. The highest BCUT2D eigenvalue weighted by Crippen LogP contribution is 2.37. The number of hydrogen-bond donors (Lipinski definition) is 3. The molecule has 2 aliphatic rings. The molecular weight excluding hydrogens is 740 g/mol. The molecular formula is C45H59FN4O6Si. The number of benzene rings is 3. The molecule has 306 valence electrons. The summed E-state index contributed by atoms with van der Waals surface area (Å²) < 4.78 is 21.7. The molecule has 2 saturated heterocycles. The van der Waals surface area contributed by atoms with E-state index in [1.807, 2.05) is 43.3 Å². The maximum absolute atomic E-state index is 14.7. The highest BCUT2D eigenvalue weighted by Gasteiger charge is 2.51. The second-order valence-electron chi connectivity index (χ2n) is 16.7. The molecule has 2 heterocycles. The number of ketones is 1. The SMILES string of the molecule is CC[C@]1(C)NC(=O)[C@H](CCCCCC(=O)[C@@H](C)O[Si](c2ccccc2)(c2ccccc2)C(C)(C)C)NC(=O)[C@H]2CCCN2C(=O)[C@H](Cc2ccccc2F)NC1=O. The first kappa shape index (κ1) is 43.4. The van der Waals surface area contributed by atoms with E-state index in [2.05, 4.69) is 61.0 Å². The van der Waals surface area contributed by atoms with Gasteiger partial charge in [-0.1, -0.05) is 119 Å². The molecule has 0 radical (unpaired) electrons. The van der Waals surface area contributed by atoms with Gasteiger partial charge in [0.1, 0.15) is 35.6 Å². The number of Topliss-reactive ketones (excluding diaryl/α,β-unsaturated/α-hetero) is 1. The standard InChI is InChI=1S/C45H59FN4O6Si/c1-7-45(6)43(55)48-37(30-32-20-17-18-25-35(32)46)42(54)50-29-19-27-38(50)41(53)47-36(40(52)49-45)26-15-10-16-28-39(51)31(2)56-57(44(3,4)5,33-21-11-8-12-22-33)34-23-13-9-14-24-34/h8-9,11-14,17-18,20-25,31,36-38H,7,10,15-16,19,26-30H2,1-6H3,(H,47,53)(H,48,55)(H,49,52)/t31-,36+,37+,38-,45+/m1/s1. The van der Waals surface area contributed by atoms with Crippen LogP contribution in [0.25, 0.3) is 0 Å². The van der Waals surface area contributed by atoms with Crippen molar-refractivity contribution in [2.24, 2.45) is 0 Å². The normalized spacial score (nSPS) is 22.7. The van der Waals surface area contributed by atoms with E-state index in [9.17, 15) is 28.4 Å². The third kappa shape index (κ3) is 9.89. The van der Waals surface area contributed by atoms with Crippen molar-refractivity contribution in [2.75, 3.05) is 6.54 Å². The Morgan fingerprint density at radius 3 is 2.09 bits per heavy atom. The third-order valence-corrected chi connectivity index (χ3v) is 16.8. The molecule has 0 saturated carbocycles. The van der Waals surface area contributed by atoms with E-state index in [0.717, 1.165) is 10.4 Å². The number of nitrogens with one attached hydrogen (secondary N) is 3. The first-order valence-electron chi connectivity index (χ1n) is 20.4. The van der Waals surface area contributed by atoms with E-state index in [1.165, 1.54) is 11.0 Å². The van der Waals surface area contributed by atoms with Crippen molar-refractivity contribution in [3.8, 4) is 0 Å². The van der Waals surface area contributed by atoms with Crippen LogP contribution in [0.4, 0.5) is 4.39 Å². The van der Waals surface area contributed by atoms with Gasteiger partial charge in [0.25, 0.3) is 8.32 Å². The number of amides is 4. The Balaban J connectivity index is 1.25. The average Bonchev–Trinajstić information content (AvgIpc) is 3.69. The van der Waals surface area contributed by atoms with Gasteiger partial charge in [-0.15, -0.1) is 0 Å². The van der Waals surface area contributed by atoms with Crippen molar-refractivity contribution in [1.82, 2.24) is 20.9 Å². The minimum absolute atomic E-state index is 0.00376. The Bertz CT molecular complexity index is 1850. The largest absolute Gasteiger partial charge is 0.398 e. The van der Waals surface area contributed by atoms with Crippen LogP contribution in [-0.4, -0.2) is 78.9 Å². The first-order valence-corrected chi connectivity index (χ1v) is 22.3. The molecule has 2 fully saturated rings. The molecule has 0 bridgehead atoms. The Morgan fingerprint density at radius 1 is 0.877 bits per heavy atom. The van der Waals surface area contributed by atoms with Gasteiger partial charge >= 0.3 is 0 Å². The summed E-state index contributed by atoms with van der Waals surface area (Å²) in [6.07, 6.45) is 2.71. The van der Waals surface area contributed by atoms with Crippen LogP contribution in [0, 0.1) is 5.82 Å². The van der Waals surface area contributed by atoms with Gasteiger partial charge in [0.2, 0.25) is 23.6 Å². The van der Waals surface area contributed by atoms with Gasteiger partial charge in [-0.2, -0.15) is 0 Å². The zero-order valence-electron chi connectivity index (χ0n) is 34.2. The number of fused-ring (bicyclic) bond motifs is 1. The van der Waals surface area contributed by atoms with Crippen LogP contribution in [0.2, 0.25) is 5.04 Å². The molecule has 5 rings (SSSR count). The Kier molecular flexibility index (Phi) is 14.3. The fourth-order valence-electron chi connectivity index (χ4n) is 8.16. The van der Waals surface area contributed by atoms with Gasteiger partial charge in [-0.3, -0.25) is 24.0 Å². The summed E-state index contributed by atoms with van der Waals surface area (Å²) in [5.41, 5.74) is -1.15. The topological polar surface area (TPSA) is 134 Å². The average molecular weight is 799 g/mol. The van der Waals surface area contributed by atoms with Crippen LogP contribution in [-0.2, 0) is 34.8 Å². The molecule has 0 unspecified atom stereocenters. The lowest BCUT2D eigenvalue weighted by molar-refractivity contribution is -0.144. The number of hydrogen-bond acceptors (Lipinski definition) is 6. The van der Waals surface area contributed by atoms with Crippen molar-refractivity contribution in [2.45, 2.75) is 134 Å². The van der Waals surface area contributed by atoms with Crippen LogP contribution in [0.1, 0.15) is 98.5 Å². The van der Waals surface area contributed by atoms with Crippen LogP contribution < -0.4 is 26.3 Å². The van der Waals surface area contributed by atoms with E-state index in [1.54, 1.807) is 32.0 Å². The van der Waals surface area contributed by atoms with E-state index in [-0.39, 0.29) is 35.6 Å². The number of rotatable bonds is 14. The van der Waals surface area contributed by atoms with Crippen molar-refractivity contribution in [3.63, 3.8) is 0 Å². The van der Waals surface area contributed by atoms with E-state index >= 15 is 0 Å². The van der Waals surface area contributed by atoms with Gasteiger partial charge < -0.3 is 25.3 Å². The van der Waals surface area contributed by atoms with Crippen molar-refractivity contribution in [3.05, 3.63) is 96.3 Å². The molecule has 3 N–H and O–H groups in total. The third-order valence-electron chi connectivity index (χ3n) is 11.7. The zero-order chi connectivity index (χ0) is 41.4. The summed E-state index contributed by atoms with van der Waals surface area (Å²) in [5.74, 6) is -2.48. The maximum atomic E-state index is 14.7. The summed E-state index contributed by atoms with van der Waals surface area (Å²) in [4.78, 5) is 70.6. The quantitative estimate of drug-likeness (QED) is 0.154. The van der Waals surface area contributed by atoms with Gasteiger partial charge in [-0.25, -0.2) is 4.39 Å². The van der Waals surface area contributed by atoms with Crippen LogP contribution >= 0.6 is 0 Å². The number of unbranched alkanes of at least 4 members (excludes halogenated alkanes) is 2. The fraction of sp³-hybridized carbons (Fsp3) is 0.489. The highest BCUT2D eigenvalue weighted by molar-refractivity contribution is 6.99. The lowest BCUT2D eigenvalue weighted by atomic mass is 9.94. The minimum atomic E-state index is -2.92. The smallest absolute Gasteiger partial charge is 0.262 e. The van der Waals surface area contributed by atoms with E-state index in [4.69, 9.17) is 4.43 Å². The molecule has 10 nitrogen and oxygen atoms in total. The first-order chi connectivity index (χ1) is 27.1. The van der Waals surface area contributed by atoms with Crippen molar-refractivity contribution >= 4 is 48.1 Å². The molecule has 0 aliphatic carbocycles. The number of carbonyl (C=O) groups excluding carboxylic acids is 5. The summed E-state index contributed by atoms with van der Waals surface area (Å²) >= 11 is 0. The van der Waals surface area contributed by atoms with Crippen LogP contribution in [0.3, 0.4) is 0 Å². The second kappa shape index (κ2) is 18.7. The Labute approximate surface area is 337 Å². The molecule has 2 aliphatic heterocycles. The molecule has 57 heavy (non-hydrogen) atoms. The number of carbonyl (C=O) groups is 5. The van der Waals surface area contributed by atoms with Gasteiger partial charge in [0.15, 0.2) is 5.78 Å². The summed E-state index contributed by atoms with van der Waals surface area (Å²) in [7, 11) is -2.92. The molecule has 0 spiro atoms. The molecule has 3 aromatic carbocycles. The van der Waals surface area contributed by atoms with Crippen molar-refractivity contribution < 1.29 is 32.8 Å². The van der Waals surface area contributed by atoms with Gasteiger partial charge in [-0.05, 0) is 73.0 Å². The minimum Gasteiger partial charge on any atom is -0.398 e. The second-order valence-corrected chi connectivity index (χ2v) is 21.0. The van der Waals surface area contributed by atoms with Gasteiger partial charge in [0.05, 0.1) is 0 Å². The van der Waals surface area contributed by atoms with Crippen LogP contribution in [0.5, 0.6) is 0 Å². The van der Waals surface area contributed by atoms with Gasteiger partial charge in [0, 0.05) is 19.4 Å². The van der Waals surface area contributed by atoms with E-state index < -0.39 is 67.5 Å². The number of nitrogens with zero attached hydrogens (tertiary/aromatic N) is 1. The van der Waals surface area contributed by atoms with E-state index in [0.29, 0.717) is 45.1 Å². The lowest BCUT2D eigenvalue weighted by Crippen LogP contribution is -2.68. The molecule has 5 atom stereocenters. The predicted molar refractivity (Wildman–Crippen MR) is 222 cm³/mol. The lowest BCUT2D eigenvalue weighted by Gasteiger charge is -2.44. The Morgan fingerprint density at radius 2 is 1.49 bits per heavy atom. The monoisotopic (exact) mass is 798 g/mol. The molecule has 0 aromatic heterocycles. The highest BCUT2D eigenvalue weighted by atomic mass is 28.4. The zero-order valence-corrected chi connectivity index (χ0v) is 35.2. The summed E-state index contributed by atoms with van der Waals surface area (Å²) in [5, 5.41) is 10.5. The number of halogens is 1.